The normalized spacial score (nSPS) is 28.0. The Morgan fingerprint density at radius 3 is 2.80 bits per heavy atom. The predicted octanol–water partition coefficient (Wildman–Crippen LogP) is 3.33. The number of fused-ring (bicyclic) bond motifs is 5. The molecule has 4 aromatic rings. The van der Waals surface area contributed by atoms with E-state index in [9.17, 15) is 13.6 Å². The topological polar surface area (TPSA) is 124 Å². The Labute approximate surface area is 267 Å². The van der Waals surface area contributed by atoms with Gasteiger partial charge in [0.25, 0.3) is 5.56 Å². The average molecular weight is 651 g/mol. The van der Waals surface area contributed by atoms with Gasteiger partial charge in [-0.2, -0.15) is 9.97 Å². The first-order valence-electron chi connectivity index (χ1n) is 16.3. The van der Waals surface area contributed by atoms with Crippen LogP contribution in [0.3, 0.4) is 0 Å². The molecule has 3 aromatic heterocycles. The fourth-order valence-electron chi connectivity index (χ4n) is 8.14. The molecule has 4 saturated heterocycles. The number of nitrogens with zero attached hydrogens (tertiary/aromatic N) is 6. The van der Waals surface area contributed by atoms with Gasteiger partial charge in [0.1, 0.15) is 29.8 Å². The molecule has 46 heavy (non-hydrogen) atoms. The van der Waals surface area contributed by atoms with Gasteiger partial charge in [0, 0.05) is 38.2 Å². The summed E-state index contributed by atoms with van der Waals surface area (Å²) in [6, 6.07) is 5.09. The van der Waals surface area contributed by atoms with E-state index in [0.29, 0.717) is 89.9 Å². The third-order valence-electron chi connectivity index (χ3n) is 10.5. The molecule has 0 radical (unpaired) electrons. The van der Waals surface area contributed by atoms with E-state index < -0.39 is 12.0 Å². The van der Waals surface area contributed by atoms with Crippen molar-refractivity contribution in [1.29, 1.82) is 0 Å². The lowest BCUT2D eigenvalue weighted by Crippen LogP contribution is -2.64. The molecule has 14 heteroatoms. The number of nitrogens with one attached hydrogen (secondary N) is 1. The maximum absolute atomic E-state index is 14.9. The molecule has 0 amide bonds. The van der Waals surface area contributed by atoms with Gasteiger partial charge in [-0.05, 0) is 56.3 Å². The molecule has 4 aliphatic heterocycles. The summed E-state index contributed by atoms with van der Waals surface area (Å²) in [5.41, 5.74) is 7.57. The lowest BCUT2D eigenvalue weighted by Gasteiger charge is -2.46. The van der Waals surface area contributed by atoms with E-state index in [2.05, 4.69) is 20.1 Å². The molecule has 2 unspecified atom stereocenters. The van der Waals surface area contributed by atoms with Crippen LogP contribution in [0.15, 0.2) is 23.0 Å². The number of hydrogen-bond donors (Lipinski definition) is 2. The first-order valence-corrected chi connectivity index (χ1v) is 17.1. The van der Waals surface area contributed by atoms with Crippen molar-refractivity contribution >= 4 is 43.4 Å². The first kappa shape index (κ1) is 28.7. The smallest absolute Gasteiger partial charge is 0.319 e. The number of nitrogen functional groups attached to an aromatic ring is 1. The van der Waals surface area contributed by atoms with Crippen LogP contribution in [0.1, 0.15) is 32.1 Å². The van der Waals surface area contributed by atoms with E-state index in [1.54, 1.807) is 10.6 Å². The molecule has 5 aliphatic rings. The minimum absolute atomic E-state index is 0.0184. The Morgan fingerprint density at radius 2 is 2.00 bits per heavy atom. The van der Waals surface area contributed by atoms with Crippen molar-refractivity contribution in [2.75, 3.05) is 56.6 Å². The van der Waals surface area contributed by atoms with Crippen molar-refractivity contribution < 1.29 is 18.3 Å². The zero-order chi connectivity index (χ0) is 31.2. The van der Waals surface area contributed by atoms with E-state index in [-0.39, 0.29) is 40.9 Å². The molecule has 5 fully saturated rings. The van der Waals surface area contributed by atoms with Crippen molar-refractivity contribution in [2.45, 2.75) is 62.4 Å². The van der Waals surface area contributed by atoms with E-state index in [1.807, 2.05) is 6.07 Å². The van der Waals surface area contributed by atoms with Crippen molar-refractivity contribution in [3.05, 3.63) is 34.4 Å². The summed E-state index contributed by atoms with van der Waals surface area (Å²) in [7, 11) is 0. The molecular weight excluding hydrogens is 614 g/mol. The lowest BCUT2D eigenvalue weighted by molar-refractivity contribution is 0.0522. The summed E-state index contributed by atoms with van der Waals surface area (Å²) in [6.45, 7) is 4.49. The number of nitrogens with two attached hydrogens (primary N) is 1. The maximum Gasteiger partial charge on any atom is 0.319 e. The van der Waals surface area contributed by atoms with Crippen molar-refractivity contribution in [3.63, 3.8) is 0 Å². The number of anilines is 2. The summed E-state index contributed by atoms with van der Waals surface area (Å²) >= 11 is 1.09. The highest BCUT2D eigenvalue weighted by atomic mass is 32.1. The van der Waals surface area contributed by atoms with Crippen LogP contribution in [0.2, 0.25) is 0 Å². The summed E-state index contributed by atoms with van der Waals surface area (Å²) in [5.74, 6) is 0.516. The Morgan fingerprint density at radius 1 is 1.17 bits per heavy atom. The number of halogens is 2. The molecule has 3 N–H and O–H groups in total. The Bertz CT molecular complexity index is 1890. The molecule has 7 heterocycles. The van der Waals surface area contributed by atoms with Crippen LogP contribution in [-0.2, 0) is 11.3 Å². The molecular formula is C32H36F2N8O3S. The molecule has 2 bridgehead atoms. The van der Waals surface area contributed by atoms with Crippen molar-refractivity contribution in [3.8, 4) is 17.3 Å². The lowest BCUT2D eigenvalue weighted by atomic mass is 9.95. The number of piperazine rings is 1. The summed E-state index contributed by atoms with van der Waals surface area (Å²) in [6.07, 6.45) is 3.50. The second-order valence-corrected chi connectivity index (χ2v) is 14.6. The highest BCUT2D eigenvalue weighted by Gasteiger charge is 2.49. The van der Waals surface area contributed by atoms with Crippen LogP contribution in [0.4, 0.5) is 19.7 Å². The van der Waals surface area contributed by atoms with Gasteiger partial charge in [-0.3, -0.25) is 9.69 Å². The van der Waals surface area contributed by atoms with Gasteiger partial charge in [-0.25, -0.2) is 13.8 Å². The molecule has 9 rings (SSSR count). The van der Waals surface area contributed by atoms with E-state index in [1.165, 1.54) is 6.07 Å². The third kappa shape index (κ3) is 4.67. The summed E-state index contributed by atoms with van der Waals surface area (Å²) in [5, 5.41) is 4.17. The summed E-state index contributed by atoms with van der Waals surface area (Å²) < 4.78 is 43.9. The highest BCUT2D eigenvalue weighted by molar-refractivity contribution is 7.22. The van der Waals surface area contributed by atoms with Gasteiger partial charge in [-0.1, -0.05) is 11.3 Å². The number of hydrogen-bond acceptors (Lipinski definition) is 11. The SMILES string of the molecule is Nc1nc2c(-c3cc4nc(OC[C@@]56CCCN5C[C@H](F)C6)nc(N5C6CNCC5COC6)c4c(=O)n3CC3CC3)ccc(F)c2s1. The number of aromatic nitrogens is 4. The molecule has 1 aliphatic carbocycles. The van der Waals surface area contributed by atoms with Gasteiger partial charge < -0.3 is 30.0 Å². The Hall–Kier alpha value is -3.46. The fourth-order valence-corrected chi connectivity index (χ4v) is 8.91. The number of benzene rings is 1. The van der Waals surface area contributed by atoms with Crippen LogP contribution in [0, 0.1) is 11.7 Å². The molecule has 4 atom stereocenters. The van der Waals surface area contributed by atoms with Crippen molar-refractivity contribution in [1.82, 2.24) is 29.7 Å². The number of alkyl halides is 1. The zero-order valence-electron chi connectivity index (χ0n) is 25.4. The third-order valence-corrected chi connectivity index (χ3v) is 11.4. The molecule has 1 aromatic carbocycles. The Balaban J connectivity index is 1.23. The average Bonchev–Trinajstić information content (AvgIpc) is 3.51. The highest BCUT2D eigenvalue weighted by Crippen LogP contribution is 2.42. The van der Waals surface area contributed by atoms with Gasteiger partial charge in [0.05, 0.1) is 52.3 Å². The number of ether oxygens (including phenoxy) is 2. The molecule has 242 valence electrons. The van der Waals surface area contributed by atoms with E-state index >= 15 is 0 Å². The van der Waals surface area contributed by atoms with Gasteiger partial charge in [0.2, 0.25) is 0 Å². The van der Waals surface area contributed by atoms with Gasteiger partial charge >= 0.3 is 6.01 Å². The number of thiazole rings is 1. The van der Waals surface area contributed by atoms with Crippen LogP contribution < -0.4 is 26.2 Å². The van der Waals surface area contributed by atoms with Crippen LogP contribution in [0.5, 0.6) is 6.01 Å². The van der Waals surface area contributed by atoms with Crippen LogP contribution in [0.25, 0.3) is 32.4 Å². The minimum Gasteiger partial charge on any atom is -0.461 e. The Kier molecular flexibility index (Phi) is 6.74. The first-order chi connectivity index (χ1) is 22.4. The largest absolute Gasteiger partial charge is 0.461 e. The number of pyridine rings is 1. The predicted molar refractivity (Wildman–Crippen MR) is 172 cm³/mol. The quantitative estimate of drug-likeness (QED) is 0.308. The molecule has 0 spiro atoms. The second-order valence-electron chi connectivity index (χ2n) is 13.6. The van der Waals surface area contributed by atoms with Crippen molar-refractivity contribution in [2.24, 2.45) is 5.92 Å². The second kappa shape index (κ2) is 10.8. The van der Waals surface area contributed by atoms with Crippen LogP contribution in [-0.4, -0.2) is 94.2 Å². The van der Waals surface area contributed by atoms with E-state index in [0.717, 1.165) is 43.6 Å². The van der Waals surface area contributed by atoms with Crippen LogP contribution >= 0.6 is 11.3 Å². The monoisotopic (exact) mass is 650 g/mol. The van der Waals surface area contributed by atoms with Gasteiger partial charge in [0.15, 0.2) is 5.13 Å². The standard InChI is InChI=1S/C32H36F2N8O3S/c33-18-9-32(6-1-7-40(32)13-18)16-45-31-37-23-8-24(21-4-5-22(34)27-26(21)38-30(35)46-27)41(12-17-2-3-17)29(43)25(23)28(39-31)42-19-10-36-11-20(42)15-44-14-19/h4-5,8,17-20,36H,1-3,6-7,9-16H2,(H2,35,38)/t18-,19?,20?,32+/m1/s1. The molecule has 11 nitrogen and oxygen atoms in total. The number of rotatable bonds is 7. The zero-order valence-corrected chi connectivity index (χ0v) is 26.2. The van der Waals surface area contributed by atoms with Gasteiger partial charge in [-0.15, -0.1) is 0 Å². The molecule has 1 saturated carbocycles. The fraction of sp³-hybridized carbons (Fsp3) is 0.562. The van der Waals surface area contributed by atoms with E-state index in [4.69, 9.17) is 25.2 Å². The minimum atomic E-state index is -0.878. The maximum atomic E-state index is 14.9. The summed E-state index contributed by atoms with van der Waals surface area (Å²) in [4.78, 5) is 33.4. The number of morpholine rings is 1.